The lowest BCUT2D eigenvalue weighted by molar-refractivity contribution is 0.0626. The van der Waals surface area contributed by atoms with Crippen molar-refractivity contribution in [1.82, 2.24) is 4.72 Å². The third-order valence-electron chi connectivity index (χ3n) is 3.56. The summed E-state index contributed by atoms with van der Waals surface area (Å²) in [7, 11) is -2.08. The summed E-state index contributed by atoms with van der Waals surface area (Å²) in [5, 5.41) is 0. The van der Waals surface area contributed by atoms with Crippen molar-refractivity contribution in [2.45, 2.75) is 36.7 Å². The molecule has 0 spiro atoms. The summed E-state index contributed by atoms with van der Waals surface area (Å²) < 4.78 is 37.4. The van der Waals surface area contributed by atoms with Gasteiger partial charge in [-0.1, -0.05) is 12.8 Å². The van der Waals surface area contributed by atoms with E-state index >= 15 is 0 Å². The van der Waals surface area contributed by atoms with Crippen LogP contribution in [0.25, 0.3) is 0 Å². The molecular weight excluding hydrogens is 292 g/mol. The fourth-order valence-corrected chi connectivity index (χ4v) is 3.47. The van der Waals surface area contributed by atoms with E-state index in [2.05, 4.69) is 4.72 Å². The van der Waals surface area contributed by atoms with Gasteiger partial charge in [-0.25, -0.2) is 13.1 Å². The minimum absolute atomic E-state index is 0.127. The molecule has 1 aromatic carbocycles. The van der Waals surface area contributed by atoms with Crippen LogP contribution in [0.2, 0.25) is 0 Å². The van der Waals surface area contributed by atoms with Gasteiger partial charge in [-0.3, -0.25) is 0 Å². The standard InChI is InChI=1S/C14H22N2O4S/c1-19-14-7-6-12(10-13(14)15)21(17,18)16-8-9-20-11-4-2-3-5-11/h6-7,10-11,16H,2-5,8-9,15H2,1H3. The molecule has 1 aliphatic rings. The van der Waals surface area contributed by atoms with E-state index < -0.39 is 10.0 Å². The van der Waals surface area contributed by atoms with Crippen LogP contribution in [0, 0.1) is 0 Å². The van der Waals surface area contributed by atoms with Gasteiger partial charge < -0.3 is 15.2 Å². The molecule has 0 aliphatic heterocycles. The molecule has 1 saturated carbocycles. The molecule has 3 N–H and O–H groups in total. The van der Waals surface area contributed by atoms with E-state index in [1.165, 1.54) is 32.1 Å². The number of ether oxygens (including phenoxy) is 2. The van der Waals surface area contributed by atoms with E-state index in [1.54, 1.807) is 6.07 Å². The minimum atomic E-state index is -3.57. The van der Waals surface area contributed by atoms with Crippen LogP contribution in [-0.4, -0.2) is 34.8 Å². The molecule has 2 rings (SSSR count). The molecule has 1 aliphatic carbocycles. The summed E-state index contributed by atoms with van der Waals surface area (Å²) in [5.41, 5.74) is 6.02. The molecule has 1 aromatic rings. The zero-order valence-corrected chi connectivity index (χ0v) is 13.0. The Hall–Kier alpha value is -1.31. The van der Waals surface area contributed by atoms with Crippen LogP contribution in [-0.2, 0) is 14.8 Å². The van der Waals surface area contributed by atoms with Crippen molar-refractivity contribution in [2.75, 3.05) is 26.0 Å². The Labute approximate surface area is 125 Å². The quantitative estimate of drug-likeness (QED) is 0.588. The first kappa shape index (κ1) is 16.1. The second kappa shape index (κ2) is 7.11. The van der Waals surface area contributed by atoms with Gasteiger partial charge in [-0.15, -0.1) is 0 Å². The number of sulfonamides is 1. The normalized spacial score (nSPS) is 16.2. The summed E-state index contributed by atoms with van der Waals surface area (Å²) in [5.74, 6) is 0.457. The lowest BCUT2D eigenvalue weighted by Gasteiger charge is -2.12. The van der Waals surface area contributed by atoms with Gasteiger partial charge in [-0.2, -0.15) is 0 Å². The molecule has 0 radical (unpaired) electrons. The van der Waals surface area contributed by atoms with Crippen LogP contribution in [0.3, 0.4) is 0 Å². The van der Waals surface area contributed by atoms with Crippen LogP contribution in [0.4, 0.5) is 5.69 Å². The number of hydrogen-bond donors (Lipinski definition) is 2. The molecule has 0 heterocycles. The predicted octanol–water partition coefficient (Wildman–Crippen LogP) is 1.51. The number of anilines is 1. The Morgan fingerprint density at radius 2 is 2.05 bits per heavy atom. The molecule has 118 valence electrons. The van der Waals surface area contributed by atoms with E-state index in [0.29, 0.717) is 18.0 Å². The molecule has 0 bridgehead atoms. The average Bonchev–Trinajstić information content (AvgIpc) is 2.97. The number of benzene rings is 1. The molecular formula is C14H22N2O4S. The maximum atomic E-state index is 12.1. The largest absolute Gasteiger partial charge is 0.495 e. The number of nitrogen functional groups attached to an aromatic ring is 1. The number of methoxy groups -OCH3 is 1. The molecule has 7 heteroatoms. The van der Waals surface area contributed by atoms with Gasteiger partial charge in [0.1, 0.15) is 5.75 Å². The van der Waals surface area contributed by atoms with Crippen LogP contribution in [0.1, 0.15) is 25.7 Å². The second-order valence-electron chi connectivity index (χ2n) is 5.08. The fourth-order valence-electron chi connectivity index (χ4n) is 2.42. The first-order chi connectivity index (χ1) is 10.0. The fraction of sp³-hybridized carbons (Fsp3) is 0.571. The van der Waals surface area contributed by atoms with Crippen molar-refractivity contribution >= 4 is 15.7 Å². The lowest BCUT2D eigenvalue weighted by Crippen LogP contribution is -2.28. The molecule has 21 heavy (non-hydrogen) atoms. The Morgan fingerprint density at radius 1 is 1.33 bits per heavy atom. The molecule has 0 aromatic heterocycles. The molecule has 0 saturated heterocycles. The Morgan fingerprint density at radius 3 is 2.67 bits per heavy atom. The number of hydrogen-bond acceptors (Lipinski definition) is 5. The van der Waals surface area contributed by atoms with Crippen LogP contribution >= 0.6 is 0 Å². The Bertz CT molecular complexity index is 568. The SMILES string of the molecule is COc1ccc(S(=O)(=O)NCCOC2CCCC2)cc1N. The number of nitrogens with one attached hydrogen (secondary N) is 1. The topological polar surface area (TPSA) is 90.7 Å². The lowest BCUT2D eigenvalue weighted by atomic mass is 10.3. The first-order valence-electron chi connectivity index (χ1n) is 7.08. The zero-order chi connectivity index (χ0) is 15.3. The maximum absolute atomic E-state index is 12.1. The summed E-state index contributed by atoms with van der Waals surface area (Å²) in [6.45, 7) is 0.639. The molecule has 0 atom stereocenters. The van der Waals surface area contributed by atoms with Crippen molar-refractivity contribution in [3.8, 4) is 5.75 Å². The van der Waals surface area contributed by atoms with Crippen LogP contribution < -0.4 is 15.2 Å². The Kier molecular flexibility index (Phi) is 5.44. The van der Waals surface area contributed by atoms with E-state index in [9.17, 15) is 8.42 Å². The Balaban J connectivity index is 1.87. The summed E-state index contributed by atoms with van der Waals surface area (Å²) >= 11 is 0. The average molecular weight is 314 g/mol. The van der Waals surface area contributed by atoms with Crippen molar-refractivity contribution in [3.05, 3.63) is 18.2 Å². The van der Waals surface area contributed by atoms with E-state index in [0.717, 1.165) is 12.8 Å². The highest BCUT2D eigenvalue weighted by Crippen LogP contribution is 2.24. The van der Waals surface area contributed by atoms with Gasteiger partial charge in [0.15, 0.2) is 0 Å². The first-order valence-corrected chi connectivity index (χ1v) is 8.56. The second-order valence-corrected chi connectivity index (χ2v) is 6.85. The summed E-state index contributed by atoms with van der Waals surface area (Å²) in [4.78, 5) is 0.127. The van der Waals surface area contributed by atoms with Crippen LogP contribution in [0.5, 0.6) is 5.75 Å². The monoisotopic (exact) mass is 314 g/mol. The van der Waals surface area contributed by atoms with E-state index in [4.69, 9.17) is 15.2 Å². The third-order valence-corrected chi connectivity index (χ3v) is 5.02. The van der Waals surface area contributed by atoms with Crippen molar-refractivity contribution in [2.24, 2.45) is 0 Å². The molecule has 1 fully saturated rings. The molecule has 0 amide bonds. The van der Waals surface area contributed by atoms with Gasteiger partial charge in [0.25, 0.3) is 0 Å². The molecule has 0 unspecified atom stereocenters. The van der Waals surface area contributed by atoms with Gasteiger partial charge in [0.05, 0.1) is 30.4 Å². The number of rotatable bonds is 7. The highest BCUT2D eigenvalue weighted by atomic mass is 32.2. The van der Waals surface area contributed by atoms with Gasteiger partial charge in [0.2, 0.25) is 10.0 Å². The number of nitrogens with two attached hydrogens (primary N) is 1. The third kappa shape index (κ3) is 4.33. The highest BCUT2D eigenvalue weighted by molar-refractivity contribution is 7.89. The van der Waals surface area contributed by atoms with Crippen molar-refractivity contribution in [1.29, 1.82) is 0 Å². The van der Waals surface area contributed by atoms with Crippen molar-refractivity contribution < 1.29 is 17.9 Å². The smallest absolute Gasteiger partial charge is 0.240 e. The van der Waals surface area contributed by atoms with Gasteiger partial charge >= 0.3 is 0 Å². The predicted molar refractivity (Wildman–Crippen MR) is 80.8 cm³/mol. The maximum Gasteiger partial charge on any atom is 0.240 e. The summed E-state index contributed by atoms with van der Waals surface area (Å²) in [6.07, 6.45) is 4.82. The van der Waals surface area contributed by atoms with Crippen LogP contribution in [0.15, 0.2) is 23.1 Å². The highest BCUT2D eigenvalue weighted by Gasteiger charge is 2.17. The minimum Gasteiger partial charge on any atom is -0.495 e. The van der Waals surface area contributed by atoms with Gasteiger partial charge in [-0.05, 0) is 31.0 Å². The summed E-state index contributed by atoms with van der Waals surface area (Å²) in [6, 6.07) is 4.40. The van der Waals surface area contributed by atoms with Crippen molar-refractivity contribution in [3.63, 3.8) is 0 Å². The zero-order valence-electron chi connectivity index (χ0n) is 12.2. The van der Waals surface area contributed by atoms with E-state index in [1.807, 2.05) is 0 Å². The molecule has 6 nitrogen and oxygen atoms in total. The van der Waals surface area contributed by atoms with E-state index in [-0.39, 0.29) is 17.5 Å². The van der Waals surface area contributed by atoms with Gasteiger partial charge in [0, 0.05) is 6.54 Å².